The van der Waals surface area contributed by atoms with Crippen molar-refractivity contribution in [2.45, 2.75) is 20.2 Å². The highest BCUT2D eigenvalue weighted by molar-refractivity contribution is 7.92. The Morgan fingerprint density at radius 2 is 1.17 bits per heavy atom. The van der Waals surface area contributed by atoms with Crippen LogP contribution in [-0.4, -0.2) is 51.8 Å². The van der Waals surface area contributed by atoms with E-state index in [0.29, 0.717) is 20.7 Å². The maximum atomic E-state index is 12.5. The van der Waals surface area contributed by atoms with Crippen molar-refractivity contribution in [2.24, 2.45) is 0 Å². The molecular formula is C32H24N8O3S4. The van der Waals surface area contributed by atoms with Gasteiger partial charge in [0.15, 0.2) is 0 Å². The zero-order valence-corrected chi connectivity index (χ0v) is 27.7. The summed E-state index contributed by atoms with van der Waals surface area (Å²) >= 11 is 2.42. The van der Waals surface area contributed by atoms with Gasteiger partial charge >= 0.3 is 0 Å². The minimum absolute atomic E-state index is 0.0512. The topological polar surface area (TPSA) is 137 Å². The maximum Gasteiger partial charge on any atom is 0.233 e. The monoisotopic (exact) mass is 696 g/mol. The van der Waals surface area contributed by atoms with Crippen LogP contribution in [0.5, 0.6) is 0 Å². The second-order valence-corrected chi connectivity index (χ2v) is 15.8. The smallest absolute Gasteiger partial charge is 0.233 e. The first-order valence-corrected chi connectivity index (χ1v) is 18.8. The first-order chi connectivity index (χ1) is 22.9. The lowest BCUT2D eigenvalue weighted by atomic mass is 10.2. The van der Waals surface area contributed by atoms with Crippen LogP contribution in [0.4, 0.5) is 0 Å². The van der Waals surface area contributed by atoms with E-state index in [4.69, 9.17) is 0 Å². The SMILES string of the molecule is O=S(=O)(Cc1ccccn1)c1nn2cc(-c3ccccc3)nc2s1.O=S(Cc1ccccn1)c1nn2cc(-c3ccccc3)nc2s1. The number of pyridine rings is 2. The van der Waals surface area contributed by atoms with Crippen LogP contribution >= 0.6 is 22.7 Å². The molecule has 8 aromatic rings. The average molecular weight is 697 g/mol. The minimum Gasteiger partial charge on any atom is -0.260 e. The van der Waals surface area contributed by atoms with E-state index in [1.165, 1.54) is 15.9 Å². The quantitative estimate of drug-likeness (QED) is 0.188. The van der Waals surface area contributed by atoms with Gasteiger partial charge in [0.25, 0.3) is 0 Å². The van der Waals surface area contributed by atoms with Crippen molar-refractivity contribution in [3.05, 3.63) is 133 Å². The minimum atomic E-state index is -3.54. The molecule has 0 saturated carbocycles. The number of nitrogens with zero attached hydrogens (tertiary/aromatic N) is 8. The number of benzene rings is 2. The Bertz CT molecular complexity index is 2330. The van der Waals surface area contributed by atoms with Crippen LogP contribution in [0.1, 0.15) is 11.4 Å². The molecule has 0 saturated heterocycles. The molecule has 6 heterocycles. The molecule has 11 nitrogen and oxygen atoms in total. The highest BCUT2D eigenvalue weighted by atomic mass is 32.2. The summed E-state index contributed by atoms with van der Waals surface area (Å²) in [5.74, 6) is 0.194. The summed E-state index contributed by atoms with van der Waals surface area (Å²) in [7, 11) is -4.75. The number of hydrogen-bond donors (Lipinski definition) is 0. The fraction of sp³-hybridized carbons (Fsp3) is 0.0625. The van der Waals surface area contributed by atoms with E-state index in [1.807, 2.05) is 85.1 Å². The van der Waals surface area contributed by atoms with E-state index in [2.05, 4.69) is 30.1 Å². The number of rotatable bonds is 8. The molecule has 47 heavy (non-hydrogen) atoms. The molecule has 0 aliphatic rings. The largest absolute Gasteiger partial charge is 0.260 e. The summed E-state index contributed by atoms with van der Waals surface area (Å²) in [6.45, 7) is 0. The number of hydrogen-bond acceptors (Lipinski definition) is 11. The molecule has 6 aromatic heterocycles. The molecule has 8 rings (SSSR count). The van der Waals surface area contributed by atoms with Gasteiger partial charge in [-0.15, -0.1) is 10.2 Å². The fourth-order valence-corrected chi connectivity index (χ4v) is 9.05. The van der Waals surface area contributed by atoms with E-state index in [0.717, 1.165) is 44.5 Å². The van der Waals surface area contributed by atoms with Crippen molar-refractivity contribution in [2.75, 3.05) is 0 Å². The molecule has 234 valence electrons. The Balaban J connectivity index is 0.000000150. The van der Waals surface area contributed by atoms with Crippen molar-refractivity contribution >= 4 is 53.2 Å². The van der Waals surface area contributed by atoms with Gasteiger partial charge in [0.2, 0.25) is 28.4 Å². The van der Waals surface area contributed by atoms with E-state index in [9.17, 15) is 12.6 Å². The standard InChI is InChI=1S/C16H12N4O2S2.C16H12N4OS2/c21-24(22,11-13-8-4-5-9-17-13)16-19-20-10-14(18-15(20)23-16)12-6-2-1-3-7-12;21-23(11-13-8-4-5-9-17-13)16-19-20-10-14(18-15(20)22-16)12-6-2-1-3-7-12/h1-10H,11H2;1-10H,11H2. The normalized spacial score (nSPS) is 12.2. The Morgan fingerprint density at radius 3 is 1.70 bits per heavy atom. The number of aromatic nitrogens is 8. The molecule has 2 aromatic carbocycles. The third-order valence-electron chi connectivity index (χ3n) is 6.72. The molecule has 0 bridgehead atoms. The highest BCUT2D eigenvalue weighted by Gasteiger charge is 2.23. The number of imidazole rings is 2. The van der Waals surface area contributed by atoms with Gasteiger partial charge in [0, 0.05) is 23.5 Å². The summed E-state index contributed by atoms with van der Waals surface area (Å²) in [4.78, 5) is 18.6. The lowest BCUT2D eigenvalue weighted by Gasteiger charge is -1.99. The second-order valence-electron chi connectivity index (χ2n) is 10.1. The van der Waals surface area contributed by atoms with Crippen LogP contribution in [-0.2, 0) is 32.1 Å². The van der Waals surface area contributed by atoms with Gasteiger partial charge in [-0.1, -0.05) is 95.5 Å². The van der Waals surface area contributed by atoms with Crippen LogP contribution in [0.15, 0.2) is 131 Å². The number of sulfone groups is 1. The average Bonchev–Trinajstić information content (AvgIpc) is 3.87. The van der Waals surface area contributed by atoms with Gasteiger partial charge in [0.05, 0.1) is 57.5 Å². The van der Waals surface area contributed by atoms with Crippen LogP contribution in [0, 0.1) is 0 Å². The highest BCUT2D eigenvalue weighted by Crippen LogP contribution is 2.26. The maximum absolute atomic E-state index is 12.5. The lowest BCUT2D eigenvalue weighted by molar-refractivity contribution is 0.591. The van der Waals surface area contributed by atoms with E-state index in [-0.39, 0.29) is 10.1 Å². The predicted molar refractivity (Wildman–Crippen MR) is 182 cm³/mol. The van der Waals surface area contributed by atoms with Crippen molar-refractivity contribution in [1.82, 2.24) is 39.2 Å². The molecule has 0 aliphatic heterocycles. The first kappa shape index (κ1) is 30.7. The molecular weight excluding hydrogens is 673 g/mol. The first-order valence-electron chi connectivity index (χ1n) is 14.2. The van der Waals surface area contributed by atoms with Gasteiger partial charge in [0.1, 0.15) is 0 Å². The summed E-state index contributed by atoms with van der Waals surface area (Å²) in [6, 6.07) is 30.4. The molecule has 0 spiro atoms. The lowest BCUT2D eigenvalue weighted by Crippen LogP contribution is -2.06. The van der Waals surface area contributed by atoms with Crippen molar-refractivity contribution < 1.29 is 12.6 Å². The van der Waals surface area contributed by atoms with E-state index >= 15 is 0 Å². The molecule has 1 unspecified atom stereocenters. The van der Waals surface area contributed by atoms with Crippen LogP contribution in [0.25, 0.3) is 32.4 Å². The molecule has 0 aliphatic carbocycles. The molecule has 15 heteroatoms. The molecule has 1 atom stereocenters. The summed E-state index contributed by atoms with van der Waals surface area (Å²) in [6.07, 6.45) is 6.88. The zero-order chi connectivity index (χ0) is 32.2. The number of fused-ring (bicyclic) bond motifs is 2. The van der Waals surface area contributed by atoms with Crippen molar-refractivity contribution in [3.63, 3.8) is 0 Å². The summed E-state index contributed by atoms with van der Waals surface area (Å²) < 4.78 is 41.2. The second kappa shape index (κ2) is 13.4. The Morgan fingerprint density at radius 1 is 0.638 bits per heavy atom. The third kappa shape index (κ3) is 7.07. The van der Waals surface area contributed by atoms with Crippen molar-refractivity contribution in [3.8, 4) is 22.5 Å². The fourth-order valence-electron chi connectivity index (χ4n) is 4.50. The van der Waals surface area contributed by atoms with Gasteiger partial charge in [-0.05, 0) is 24.3 Å². The Hall–Kier alpha value is -4.96. The Labute approximate surface area is 279 Å². The van der Waals surface area contributed by atoms with Crippen LogP contribution in [0.2, 0.25) is 0 Å². The third-order valence-corrected chi connectivity index (χ3v) is 12.3. The molecule has 0 N–H and O–H groups in total. The molecule has 0 radical (unpaired) electrons. The molecule has 0 fully saturated rings. The van der Waals surface area contributed by atoms with E-state index in [1.54, 1.807) is 41.3 Å². The van der Waals surface area contributed by atoms with Crippen LogP contribution < -0.4 is 0 Å². The van der Waals surface area contributed by atoms with E-state index < -0.39 is 20.6 Å². The van der Waals surface area contributed by atoms with Gasteiger partial charge in [-0.2, -0.15) is 0 Å². The van der Waals surface area contributed by atoms with Crippen LogP contribution in [0.3, 0.4) is 0 Å². The summed E-state index contributed by atoms with van der Waals surface area (Å²) in [5, 5.41) is 8.58. The predicted octanol–water partition coefficient (Wildman–Crippen LogP) is 5.99. The van der Waals surface area contributed by atoms with Gasteiger partial charge in [-0.3, -0.25) is 14.2 Å². The van der Waals surface area contributed by atoms with Gasteiger partial charge < -0.3 is 0 Å². The summed E-state index contributed by atoms with van der Waals surface area (Å²) in [5.41, 5.74) is 4.93. The molecule has 0 amide bonds. The Kier molecular flexibility index (Phi) is 8.76. The zero-order valence-electron chi connectivity index (χ0n) is 24.4. The van der Waals surface area contributed by atoms with Gasteiger partial charge in [-0.25, -0.2) is 27.4 Å². The van der Waals surface area contributed by atoms with Crippen molar-refractivity contribution in [1.29, 1.82) is 0 Å².